The summed E-state index contributed by atoms with van der Waals surface area (Å²) in [4.78, 5) is 1.45. The van der Waals surface area contributed by atoms with Crippen molar-refractivity contribution in [2.45, 2.75) is 31.6 Å². The van der Waals surface area contributed by atoms with Gasteiger partial charge in [0.25, 0.3) is 0 Å². The van der Waals surface area contributed by atoms with E-state index < -0.39 is 12.7 Å². The van der Waals surface area contributed by atoms with Gasteiger partial charge in [-0.2, -0.15) is 13.2 Å². The summed E-state index contributed by atoms with van der Waals surface area (Å²) in [7, 11) is 0. The van der Waals surface area contributed by atoms with Crippen molar-refractivity contribution < 1.29 is 13.2 Å². The standard InChI is InChI=1S/C12H14BrF3N2/c13-10-2-1-3-11(17)9(10)6-18(8-4-5-8)7-12(14,15)16/h1-3,8H,4-7,17H2. The van der Waals surface area contributed by atoms with E-state index in [1.54, 1.807) is 18.2 Å². The highest BCUT2D eigenvalue weighted by Gasteiger charge is 2.38. The molecule has 1 saturated carbocycles. The molecule has 1 aliphatic carbocycles. The molecule has 2 nitrogen and oxygen atoms in total. The highest BCUT2D eigenvalue weighted by Crippen LogP contribution is 2.33. The van der Waals surface area contributed by atoms with Gasteiger partial charge in [0.2, 0.25) is 0 Å². The summed E-state index contributed by atoms with van der Waals surface area (Å²) >= 11 is 3.34. The summed E-state index contributed by atoms with van der Waals surface area (Å²) in [6.45, 7) is -0.643. The topological polar surface area (TPSA) is 29.3 Å². The first kappa shape index (κ1) is 13.7. The number of halogens is 4. The van der Waals surface area contributed by atoms with Crippen LogP contribution >= 0.6 is 15.9 Å². The molecule has 1 aliphatic rings. The molecule has 0 unspecified atom stereocenters. The van der Waals surface area contributed by atoms with Gasteiger partial charge in [0.15, 0.2) is 0 Å². The van der Waals surface area contributed by atoms with E-state index in [-0.39, 0.29) is 12.6 Å². The normalized spacial score (nSPS) is 16.3. The molecule has 0 aliphatic heterocycles. The molecule has 0 spiro atoms. The third kappa shape index (κ3) is 3.62. The Kier molecular flexibility index (Phi) is 3.87. The van der Waals surface area contributed by atoms with Crippen LogP contribution in [0, 0.1) is 0 Å². The van der Waals surface area contributed by atoms with Gasteiger partial charge in [-0.1, -0.05) is 22.0 Å². The van der Waals surface area contributed by atoms with Crippen molar-refractivity contribution in [2.75, 3.05) is 12.3 Å². The Morgan fingerprint density at radius 2 is 2.00 bits per heavy atom. The minimum atomic E-state index is -4.17. The van der Waals surface area contributed by atoms with Gasteiger partial charge in [-0.25, -0.2) is 0 Å². The van der Waals surface area contributed by atoms with Crippen LogP contribution in [0.4, 0.5) is 18.9 Å². The lowest BCUT2D eigenvalue weighted by Crippen LogP contribution is -2.35. The maximum atomic E-state index is 12.5. The Morgan fingerprint density at radius 3 is 2.50 bits per heavy atom. The number of rotatable bonds is 4. The molecule has 1 aromatic rings. The molecule has 0 aromatic heterocycles. The maximum Gasteiger partial charge on any atom is 0.401 e. The van der Waals surface area contributed by atoms with E-state index in [4.69, 9.17) is 5.73 Å². The van der Waals surface area contributed by atoms with Crippen molar-refractivity contribution in [1.29, 1.82) is 0 Å². The monoisotopic (exact) mass is 322 g/mol. The Labute approximate surface area is 112 Å². The fourth-order valence-corrected chi connectivity index (χ4v) is 2.44. The Hall–Kier alpha value is -0.750. The second kappa shape index (κ2) is 5.09. The van der Waals surface area contributed by atoms with Crippen molar-refractivity contribution in [1.82, 2.24) is 4.90 Å². The molecule has 18 heavy (non-hydrogen) atoms. The van der Waals surface area contributed by atoms with Gasteiger partial charge in [-0.15, -0.1) is 0 Å². The van der Waals surface area contributed by atoms with Crippen molar-refractivity contribution in [2.24, 2.45) is 0 Å². The highest BCUT2D eigenvalue weighted by molar-refractivity contribution is 9.10. The Bertz CT molecular complexity index is 410. The second-order valence-corrected chi connectivity index (χ2v) is 5.41. The molecule has 1 aromatic carbocycles. The Morgan fingerprint density at radius 1 is 1.33 bits per heavy atom. The second-order valence-electron chi connectivity index (χ2n) is 4.56. The zero-order chi connectivity index (χ0) is 13.3. The van der Waals surface area contributed by atoms with Crippen LogP contribution in [-0.4, -0.2) is 23.7 Å². The molecule has 0 amide bonds. The third-order valence-corrected chi connectivity index (χ3v) is 3.70. The van der Waals surface area contributed by atoms with Crippen molar-refractivity contribution in [3.8, 4) is 0 Å². The average molecular weight is 323 g/mol. The number of hydrogen-bond donors (Lipinski definition) is 1. The first-order valence-corrected chi connectivity index (χ1v) is 6.50. The van der Waals surface area contributed by atoms with E-state index in [0.717, 1.165) is 22.9 Å². The molecular formula is C12H14BrF3N2. The SMILES string of the molecule is Nc1cccc(Br)c1CN(CC(F)(F)F)C1CC1. The largest absolute Gasteiger partial charge is 0.401 e. The van der Waals surface area contributed by atoms with Crippen LogP contribution in [0.5, 0.6) is 0 Å². The molecular weight excluding hydrogens is 309 g/mol. The van der Waals surface area contributed by atoms with Crippen molar-refractivity contribution >= 4 is 21.6 Å². The quantitative estimate of drug-likeness (QED) is 0.859. The maximum absolute atomic E-state index is 12.5. The number of nitrogens with two attached hydrogens (primary N) is 1. The molecule has 2 rings (SSSR count). The summed E-state index contributed by atoms with van der Waals surface area (Å²) in [5.41, 5.74) is 7.07. The zero-order valence-corrected chi connectivity index (χ0v) is 11.3. The summed E-state index contributed by atoms with van der Waals surface area (Å²) in [5.74, 6) is 0. The third-order valence-electron chi connectivity index (χ3n) is 2.96. The van der Waals surface area contributed by atoms with Crippen molar-refractivity contribution in [3.05, 3.63) is 28.2 Å². The van der Waals surface area contributed by atoms with E-state index >= 15 is 0 Å². The molecule has 0 atom stereocenters. The molecule has 1 fully saturated rings. The summed E-state index contributed by atoms with van der Waals surface area (Å²) in [5, 5.41) is 0. The van der Waals surface area contributed by atoms with E-state index in [1.165, 1.54) is 4.90 Å². The van der Waals surface area contributed by atoms with E-state index in [1.807, 2.05) is 0 Å². The lowest BCUT2D eigenvalue weighted by atomic mass is 10.1. The Balaban J connectivity index is 2.14. The molecule has 2 N–H and O–H groups in total. The molecule has 100 valence electrons. The van der Waals surface area contributed by atoms with Gasteiger partial charge < -0.3 is 5.73 Å². The first-order chi connectivity index (χ1) is 8.37. The van der Waals surface area contributed by atoms with Gasteiger partial charge in [-0.05, 0) is 25.0 Å². The number of alkyl halides is 3. The summed E-state index contributed by atoms with van der Waals surface area (Å²) in [6, 6.07) is 5.31. The highest BCUT2D eigenvalue weighted by atomic mass is 79.9. The summed E-state index contributed by atoms with van der Waals surface area (Å²) in [6.07, 6.45) is -2.50. The number of anilines is 1. The number of hydrogen-bond acceptors (Lipinski definition) is 2. The van der Waals surface area contributed by atoms with Gasteiger partial charge >= 0.3 is 6.18 Å². The lowest BCUT2D eigenvalue weighted by molar-refractivity contribution is -0.148. The smallest absolute Gasteiger partial charge is 0.398 e. The molecule has 0 bridgehead atoms. The average Bonchev–Trinajstić information content (AvgIpc) is 3.03. The van der Waals surface area contributed by atoms with Gasteiger partial charge in [0, 0.05) is 28.3 Å². The van der Waals surface area contributed by atoms with Crippen LogP contribution in [0.1, 0.15) is 18.4 Å². The molecule has 0 radical (unpaired) electrons. The fourth-order valence-electron chi connectivity index (χ4n) is 1.93. The number of benzene rings is 1. The van der Waals surface area contributed by atoms with Crippen LogP contribution in [0.15, 0.2) is 22.7 Å². The predicted molar refractivity (Wildman–Crippen MR) is 68.0 cm³/mol. The molecule has 0 heterocycles. The zero-order valence-electron chi connectivity index (χ0n) is 9.67. The van der Waals surface area contributed by atoms with Crippen LogP contribution in [0.25, 0.3) is 0 Å². The molecule has 6 heteroatoms. The fraction of sp³-hybridized carbons (Fsp3) is 0.500. The minimum absolute atomic E-state index is 0.0399. The van der Waals surface area contributed by atoms with Gasteiger partial charge in [-0.3, -0.25) is 4.90 Å². The van der Waals surface area contributed by atoms with Crippen LogP contribution in [-0.2, 0) is 6.54 Å². The predicted octanol–water partition coefficient (Wildman–Crippen LogP) is 3.56. The number of nitrogen functional groups attached to an aromatic ring is 1. The van der Waals surface area contributed by atoms with Gasteiger partial charge in [0.1, 0.15) is 0 Å². The van der Waals surface area contributed by atoms with E-state index in [0.29, 0.717) is 5.69 Å². The summed E-state index contributed by atoms with van der Waals surface area (Å²) < 4.78 is 38.3. The first-order valence-electron chi connectivity index (χ1n) is 5.70. The van der Waals surface area contributed by atoms with Crippen LogP contribution in [0.2, 0.25) is 0 Å². The van der Waals surface area contributed by atoms with Gasteiger partial charge in [0.05, 0.1) is 6.54 Å². The minimum Gasteiger partial charge on any atom is -0.398 e. The van der Waals surface area contributed by atoms with Crippen LogP contribution in [0.3, 0.4) is 0 Å². The van der Waals surface area contributed by atoms with E-state index in [9.17, 15) is 13.2 Å². The van der Waals surface area contributed by atoms with E-state index in [2.05, 4.69) is 15.9 Å². The van der Waals surface area contributed by atoms with Crippen LogP contribution < -0.4 is 5.73 Å². The number of nitrogens with zero attached hydrogens (tertiary/aromatic N) is 1. The lowest BCUT2D eigenvalue weighted by Gasteiger charge is -2.24. The molecule has 0 saturated heterocycles. The van der Waals surface area contributed by atoms with Crippen molar-refractivity contribution in [3.63, 3.8) is 0 Å².